The van der Waals surface area contributed by atoms with Crippen LogP contribution in [-0.4, -0.2) is 35.6 Å². The number of rotatable bonds is 7. The number of nitrogens with one attached hydrogen (secondary N) is 2. The highest BCUT2D eigenvalue weighted by atomic mass is 32.2. The van der Waals surface area contributed by atoms with Crippen molar-refractivity contribution in [2.75, 3.05) is 11.9 Å². The molecule has 0 aliphatic heterocycles. The van der Waals surface area contributed by atoms with Crippen LogP contribution >= 0.6 is 0 Å². The van der Waals surface area contributed by atoms with E-state index in [-0.39, 0.29) is 12.1 Å². The molecule has 3 rings (SSSR count). The molecule has 0 saturated carbocycles. The van der Waals surface area contributed by atoms with Gasteiger partial charge in [0.2, 0.25) is 10.0 Å². The van der Waals surface area contributed by atoms with Gasteiger partial charge in [0.1, 0.15) is 23.4 Å². The minimum atomic E-state index is -4.10. The lowest BCUT2D eigenvalue weighted by atomic mass is 10.2. The first-order valence-electron chi connectivity index (χ1n) is 8.07. The van der Waals surface area contributed by atoms with Gasteiger partial charge < -0.3 is 5.32 Å². The van der Waals surface area contributed by atoms with Crippen LogP contribution in [0, 0.1) is 5.82 Å². The molecule has 1 aromatic heterocycles. The van der Waals surface area contributed by atoms with E-state index >= 15 is 0 Å². The van der Waals surface area contributed by atoms with Gasteiger partial charge in [-0.2, -0.15) is 5.10 Å². The van der Waals surface area contributed by atoms with Gasteiger partial charge in [-0.1, -0.05) is 6.08 Å². The number of hydrogen-bond acceptors (Lipinski definition) is 5. The highest BCUT2D eigenvalue weighted by Gasteiger charge is 2.20. The van der Waals surface area contributed by atoms with Gasteiger partial charge in [-0.05, 0) is 42.5 Å². The van der Waals surface area contributed by atoms with Gasteiger partial charge in [-0.25, -0.2) is 27.2 Å². The molecule has 10 heteroatoms. The van der Waals surface area contributed by atoms with E-state index < -0.39 is 26.6 Å². The largest absolute Gasteiger partial charge is 0.322 e. The molecule has 1 amide bonds. The molecular weight excluding hydrogens is 385 g/mol. The van der Waals surface area contributed by atoms with Crippen molar-refractivity contribution >= 4 is 21.6 Å². The van der Waals surface area contributed by atoms with Gasteiger partial charge in [0, 0.05) is 17.8 Å². The molecule has 0 bridgehead atoms. The summed E-state index contributed by atoms with van der Waals surface area (Å²) >= 11 is 0. The van der Waals surface area contributed by atoms with E-state index in [0.29, 0.717) is 5.69 Å². The predicted molar refractivity (Wildman–Crippen MR) is 101 cm³/mol. The second kappa shape index (κ2) is 8.11. The minimum absolute atomic E-state index is 0.000677. The molecule has 2 aromatic carbocycles. The maximum atomic E-state index is 14.0. The van der Waals surface area contributed by atoms with E-state index in [1.165, 1.54) is 24.8 Å². The Hall–Kier alpha value is -3.37. The third-order valence-corrected chi connectivity index (χ3v) is 5.15. The Bertz CT molecular complexity index is 1100. The summed E-state index contributed by atoms with van der Waals surface area (Å²) in [5.41, 5.74) is 1.23. The fourth-order valence-electron chi connectivity index (χ4n) is 2.34. The topological polar surface area (TPSA) is 106 Å². The maximum absolute atomic E-state index is 14.0. The number of aromatic nitrogens is 3. The zero-order chi connectivity index (χ0) is 20.1. The van der Waals surface area contributed by atoms with Crippen LogP contribution in [0.25, 0.3) is 5.69 Å². The smallest absolute Gasteiger partial charge is 0.255 e. The van der Waals surface area contributed by atoms with Crippen LogP contribution in [0.15, 0.2) is 72.7 Å². The molecular formula is C18H16FN5O3S. The van der Waals surface area contributed by atoms with E-state index in [2.05, 4.69) is 26.7 Å². The first-order chi connectivity index (χ1) is 13.4. The van der Waals surface area contributed by atoms with E-state index in [1.54, 1.807) is 28.9 Å². The monoisotopic (exact) mass is 401 g/mol. The van der Waals surface area contributed by atoms with Crippen LogP contribution in [0.1, 0.15) is 10.4 Å². The fourth-order valence-corrected chi connectivity index (χ4v) is 3.44. The number of nitrogens with zero attached hydrogens (tertiary/aromatic N) is 3. The van der Waals surface area contributed by atoms with Crippen LogP contribution < -0.4 is 10.0 Å². The molecule has 2 N–H and O–H groups in total. The van der Waals surface area contributed by atoms with Gasteiger partial charge >= 0.3 is 0 Å². The lowest BCUT2D eigenvalue weighted by molar-refractivity contribution is 0.102. The van der Waals surface area contributed by atoms with Crippen LogP contribution in [0.5, 0.6) is 0 Å². The van der Waals surface area contributed by atoms with Crippen molar-refractivity contribution in [3.05, 3.63) is 79.2 Å². The van der Waals surface area contributed by atoms with Crippen LogP contribution in [0.2, 0.25) is 0 Å². The lowest BCUT2D eigenvalue weighted by Crippen LogP contribution is -2.25. The van der Waals surface area contributed by atoms with Crippen molar-refractivity contribution in [1.29, 1.82) is 0 Å². The SMILES string of the molecule is C=CCNS(=O)(=O)c1cc(C(=O)Nc2ccc(-n3cncn3)cc2)ccc1F. The summed E-state index contributed by atoms with van der Waals surface area (Å²) in [6, 6.07) is 9.89. The standard InChI is InChI=1S/C18H16FN5O3S/c1-2-9-22-28(26,27)17-10-13(3-8-16(17)19)18(25)23-14-4-6-15(7-5-14)24-12-20-11-21-24/h2-8,10-12,22H,1,9H2,(H,23,25). The molecule has 0 unspecified atom stereocenters. The zero-order valence-corrected chi connectivity index (χ0v) is 15.4. The summed E-state index contributed by atoms with van der Waals surface area (Å²) in [6.45, 7) is 3.34. The van der Waals surface area contributed by atoms with E-state index in [9.17, 15) is 17.6 Å². The number of amides is 1. The second-order valence-corrected chi connectivity index (χ2v) is 7.36. The van der Waals surface area contributed by atoms with Crippen molar-refractivity contribution in [2.45, 2.75) is 4.90 Å². The number of halogens is 1. The van der Waals surface area contributed by atoms with Crippen molar-refractivity contribution in [1.82, 2.24) is 19.5 Å². The minimum Gasteiger partial charge on any atom is -0.322 e. The average molecular weight is 401 g/mol. The molecule has 0 aliphatic rings. The number of carbonyl (C=O) groups excluding carboxylic acids is 1. The molecule has 0 spiro atoms. The number of hydrogen-bond donors (Lipinski definition) is 2. The normalized spacial score (nSPS) is 11.2. The summed E-state index contributed by atoms with van der Waals surface area (Å²) < 4.78 is 42.0. The Morgan fingerprint density at radius 3 is 2.61 bits per heavy atom. The van der Waals surface area contributed by atoms with Gasteiger partial charge in [-0.3, -0.25) is 4.79 Å². The number of anilines is 1. The molecule has 0 saturated heterocycles. The molecule has 3 aromatic rings. The van der Waals surface area contributed by atoms with Gasteiger partial charge in [0.05, 0.1) is 5.69 Å². The molecule has 144 valence electrons. The summed E-state index contributed by atoms with van der Waals surface area (Å²) in [4.78, 5) is 15.7. The molecule has 0 radical (unpaired) electrons. The van der Waals surface area contributed by atoms with Crippen LogP contribution in [-0.2, 0) is 10.0 Å². The van der Waals surface area contributed by atoms with E-state index in [0.717, 1.165) is 17.8 Å². The van der Waals surface area contributed by atoms with Crippen LogP contribution in [0.4, 0.5) is 10.1 Å². The highest BCUT2D eigenvalue weighted by Crippen LogP contribution is 2.18. The molecule has 0 aliphatic carbocycles. The quantitative estimate of drug-likeness (QED) is 0.590. The fraction of sp³-hybridized carbons (Fsp3) is 0.0556. The number of sulfonamides is 1. The Labute approximate surface area is 160 Å². The van der Waals surface area contributed by atoms with Gasteiger partial charge in [-0.15, -0.1) is 6.58 Å². The zero-order valence-electron chi connectivity index (χ0n) is 14.5. The van der Waals surface area contributed by atoms with Crippen LogP contribution in [0.3, 0.4) is 0 Å². The van der Waals surface area contributed by atoms with E-state index in [4.69, 9.17) is 0 Å². The summed E-state index contributed by atoms with van der Waals surface area (Å²) in [5, 5.41) is 6.63. The Morgan fingerprint density at radius 2 is 1.96 bits per heavy atom. The Balaban J connectivity index is 1.79. The first kappa shape index (κ1) is 19.4. The summed E-state index contributed by atoms with van der Waals surface area (Å²) in [6.07, 6.45) is 4.27. The molecule has 0 atom stereocenters. The summed E-state index contributed by atoms with van der Waals surface area (Å²) in [7, 11) is -4.10. The lowest BCUT2D eigenvalue weighted by Gasteiger charge is -2.10. The predicted octanol–water partition coefficient (Wildman–Crippen LogP) is 2.12. The third kappa shape index (κ3) is 4.30. The second-order valence-electron chi connectivity index (χ2n) is 5.63. The number of benzene rings is 2. The molecule has 1 heterocycles. The maximum Gasteiger partial charge on any atom is 0.255 e. The van der Waals surface area contributed by atoms with E-state index in [1.807, 2.05) is 0 Å². The Morgan fingerprint density at radius 1 is 1.21 bits per heavy atom. The molecule has 8 nitrogen and oxygen atoms in total. The van der Waals surface area contributed by atoms with Crippen molar-refractivity contribution < 1.29 is 17.6 Å². The summed E-state index contributed by atoms with van der Waals surface area (Å²) in [5.74, 6) is -1.53. The van der Waals surface area contributed by atoms with Crippen molar-refractivity contribution in [2.24, 2.45) is 0 Å². The van der Waals surface area contributed by atoms with Gasteiger partial charge in [0.15, 0.2) is 0 Å². The molecule has 28 heavy (non-hydrogen) atoms. The van der Waals surface area contributed by atoms with Gasteiger partial charge in [0.25, 0.3) is 5.91 Å². The molecule has 0 fully saturated rings. The highest BCUT2D eigenvalue weighted by molar-refractivity contribution is 7.89. The van der Waals surface area contributed by atoms with Crippen molar-refractivity contribution in [3.63, 3.8) is 0 Å². The third-order valence-electron chi connectivity index (χ3n) is 3.71. The van der Waals surface area contributed by atoms with Crippen molar-refractivity contribution in [3.8, 4) is 5.69 Å². The average Bonchev–Trinajstić information content (AvgIpc) is 3.22. The number of carbonyl (C=O) groups is 1. The Kier molecular flexibility index (Phi) is 5.62. The first-order valence-corrected chi connectivity index (χ1v) is 9.55.